The highest BCUT2D eigenvalue weighted by Gasteiger charge is 2.14. The summed E-state index contributed by atoms with van der Waals surface area (Å²) in [6, 6.07) is 5.73. The highest BCUT2D eigenvalue weighted by atomic mass is 19.1. The van der Waals surface area contributed by atoms with Crippen molar-refractivity contribution in [2.75, 3.05) is 13.7 Å². The molecule has 0 atom stereocenters. The zero-order valence-corrected chi connectivity index (χ0v) is 11.3. The van der Waals surface area contributed by atoms with Crippen LogP contribution in [-0.4, -0.2) is 35.5 Å². The molecule has 0 saturated heterocycles. The number of likely N-dealkylation sites (N-methyl/N-ethyl adjacent to an activating group) is 1. The Labute approximate surface area is 116 Å². The standard InChI is InChI=1S/C14H16FNO4/c1-3-16(9-10-4-6-11(15)7-5-10)13(18)8-12(17)14(19)20-2/h4-8,17H,3,9H2,1-2H3/b12-8-. The molecule has 1 aromatic rings. The van der Waals surface area contributed by atoms with Gasteiger partial charge in [-0.15, -0.1) is 0 Å². The molecule has 0 fully saturated rings. The lowest BCUT2D eigenvalue weighted by atomic mass is 10.2. The second kappa shape index (κ2) is 7.28. The summed E-state index contributed by atoms with van der Waals surface area (Å²) >= 11 is 0. The van der Waals surface area contributed by atoms with E-state index in [-0.39, 0.29) is 12.4 Å². The fourth-order valence-corrected chi connectivity index (χ4v) is 1.53. The van der Waals surface area contributed by atoms with Crippen molar-refractivity contribution in [3.63, 3.8) is 0 Å². The van der Waals surface area contributed by atoms with Crippen LogP contribution in [-0.2, 0) is 20.9 Å². The molecule has 108 valence electrons. The lowest BCUT2D eigenvalue weighted by Crippen LogP contribution is -2.29. The first-order valence-corrected chi connectivity index (χ1v) is 6.00. The van der Waals surface area contributed by atoms with Crippen LogP contribution in [0, 0.1) is 5.82 Å². The van der Waals surface area contributed by atoms with E-state index in [1.807, 2.05) is 0 Å². The quantitative estimate of drug-likeness (QED) is 0.507. The molecule has 5 nitrogen and oxygen atoms in total. The first-order chi connectivity index (χ1) is 9.47. The van der Waals surface area contributed by atoms with E-state index in [0.717, 1.165) is 18.7 Å². The molecule has 1 N–H and O–H groups in total. The summed E-state index contributed by atoms with van der Waals surface area (Å²) in [6.45, 7) is 2.38. The Hall–Kier alpha value is -2.37. The van der Waals surface area contributed by atoms with Gasteiger partial charge in [-0.1, -0.05) is 12.1 Å². The van der Waals surface area contributed by atoms with Gasteiger partial charge in [-0.2, -0.15) is 0 Å². The zero-order chi connectivity index (χ0) is 15.1. The molecule has 0 heterocycles. The van der Waals surface area contributed by atoms with E-state index < -0.39 is 17.6 Å². The molecule has 0 unspecified atom stereocenters. The molecule has 0 aliphatic heterocycles. The second-order valence-corrected chi connectivity index (χ2v) is 4.00. The highest BCUT2D eigenvalue weighted by Crippen LogP contribution is 2.08. The van der Waals surface area contributed by atoms with E-state index >= 15 is 0 Å². The van der Waals surface area contributed by atoms with Gasteiger partial charge in [0.1, 0.15) is 5.82 Å². The number of carbonyl (C=O) groups is 2. The minimum Gasteiger partial charge on any atom is -0.502 e. The summed E-state index contributed by atoms with van der Waals surface area (Å²) in [6.07, 6.45) is 0.804. The van der Waals surface area contributed by atoms with E-state index in [4.69, 9.17) is 0 Å². The number of methoxy groups -OCH3 is 1. The predicted octanol–water partition coefficient (Wildman–Crippen LogP) is 1.79. The summed E-state index contributed by atoms with van der Waals surface area (Å²) in [5.74, 6) is -2.61. The average Bonchev–Trinajstić information content (AvgIpc) is 2.45. The van der Waals surface area contributed by atoms with E-state index in [2.05, 4.69) is 4.74 Å². The fraction of sp³-hybridized carbons (Fsp3) is 0.286. The van der Waals surface area contributed by atoms with E-state index in [0.29, 0.717) is 6.54 Å². The molecular weight excluding hydrogens is 265 g/mol. The number of benzene rings is 1. The topological polar surface area (TPSA) is 66.8 Å². The Kier molecular flexibility index (Phi) is 5.71. The molecule has 0 bridgehead atoms. The van der Waals surface area contributed by atoms with Gasteiger partial charge in [0.15, 0.2) is 0 Å². The van der Waals surface area contributed by atoms with Crippen molar-refractivity contribution in [3.05, 3.63) is 47.5 Å². The number of halogens is 1. The van der Waals surface area contributed by atoms with Gasteiger partial charge in [-0.3, -0.25) is 4.79 Å². The van der Waals surface area contributed by atoms with Gasteiger partial charge in [0.2, 0.25) is 5.76 Å². The molecule has 0 spiro atoms. The number of aliphatic hydroxyl groups is 1. The van der Waals surface area contributed by atoms with Gasteiger partial charge in [0, 0.05) is 13.1 Å². The number of ether oxygens (including phenoxy) is 1. The third-order valence-electron chi connectivity index (χ3n) is 2.63. The van der Waals surface area contributed by atoms with Crippen molar-refractivity contribution in [1.82, 2.24) is 4.90 Å². The van der Waals surface area contributed by atoms with Gasteiger partial charge in [-0.25, -0.2) is 9.18 Å². The molecule has 1 amide bonds. The second-order valence-electron chi connectivity index (χ2n) is 4.00. The van der Waals surface area contributed by atoms with Crippen LogP contribution in [0.2, 0.25) is 0 Å². The molecule has 0 aromatic heterocycles. The molecular formula is C14H16FNO4. The van der Waals surface area contributed by atoms with Gasteiger partial charge < -0.3 is 14.7 Å². The Morgan fingerprint density at radius 3 is 2.45 bits per heavy atom. The lowest BCUT2D eigenvalue weighted by Gasteiger charge is -2.19. The van der Waals surface area contributed by atoms with Crippen LogP contribution in [0.4, 0.5) is 4.39 Å². The number of hydrogen-bond donors (Lipinski definition) is 1. The smallest absolute Gasteiger partial charge is 0.373 e. The number of hydrogen-bond acceptors (Lipinski definition) is 4. The predicted molar refractivity (Wildman–Crippen MR) is 70.2 cm³/mol. The monoisotopic (exact) mass is 281 g/mol. The highest BCUT2D eigenvalue weighted by molar-refractivity contribution is 5.96. The van der Waals surface area contributed by atoms with Crippen LogP contribution in [0.1, 0.15) is 12.5 Å². The molecule has 20 heavy (non-hydrogen) atoms. The Balaban J connectivity index is 2.78. The normalized spacial score (nSPS) is 11.1. The molecule has 6 heteroatoms. The number of nitrogens with zero attached hydrogens (tertiary/aromatic N) is 1. The molecule has 0 aliphatic rings. The molecule has 0 radical (unpaired) electrons. The minimum absolute atomic E-state index is 0.251. The average molecular weight is 281 g/mol. The van der Waals surface area contributed by atoms with Gasteiger partial charge in [-0.05, 0) is 24.6 Å². The lowest BCUT2D eigenvalue weighted by molar-refractivity contribution is -0.139. The Bertz CT molecular complexity index is 510. The minimum atomic E-state index is -0.976. The van der Waals surface area contributed by atoms with Gasteiger partial charge in [0.25, 0.3) is 5.91 Å². The first-order valence-electron chi connectivity index (χ1n) is 6.00. The molecule has 1 rings (SSSR count). The molecule has 0 aliphatic carbocycles. The van der Waals surface area contributed by atoms with Crippen LogP contribution in [0.15, 0.2) is 36.1 Å². The Morgan fingerprint density at radius 1 is 1.35 bits per heavy atom. The number of amides is 1. The summed E-state index contributed by atoms with van der Waals surface area (Å²) in [5, 5.41) is 9.32. The summed E-state index contributed by atoms with van der Waals surface area (Å²) in [4.78, 5) is 24.3. The van der Waals surface area contributed by atoms with Crippen molar-refractivity contribution in [3.8, 4) is 0 Å². The largest absolute Gasteiger partial charge is 0.502 e. The van der Waals surface area contributed by atoms with Crippen LogP contribution in [0.5, 0.6) is 0 Å². The SMILES string of the molecule is CCN(Cc1ccc(F)cc1)C(=O)/C=C(\O)C(=O)OC. The summed E-state index contributed by atoms with van der Waals surface area (Å²) < 4.78 is 17.1. The fourth-order valence-electron chi connectivity index (χ4n) is 1.53. The number of aliphatic hydroxyl groups excluding tert-OH is 1. The number of esters is 1. The number of carbonyl (C=O) groups excluding carboxylic acids is 2. The first kappa shape index (κ1) is 15.7. The zero-order valence-electron chi connectivity index (χ0n) is 11.3. The van der Waals surface area contributed by atoms with Crippen molar-refractivity contribution >= 4 is 11.9 Å². The third-order valence-corrected chi connectivity index (χ3v) is 2.63. The van der Waals surface area contributed by atoms with Crippen molar-refractivity contribution in [2.24, 2.45) is 0 Å². The van der Waals surface area contributed by atoms with Crippen LogP contribution in [0.25, 0.3) is 0 Å². The van der Waals surface area contributed by atoms with E-state index in [9.17, 15) is 19.1 Å². The third kappa shape index (κ3) is 4.38. The van der Waals surface area contributed by atoms with E-state index in [1.54, 1.807) is 19.1 Å². The van der Waals surface area contributed by atoms with Crippen molar-refractivity contribution in [1.29, 1.82) is 0 Å². The molecule has 1 aromatic carbocycles. The van der Waals surface area contributed by atoms with Gasteiger partial charge >= 0.3 is 5.97 Å². The maximum absolute atomic E-state index is 12.8. The summed E-state index contributed by atoms with van der Waals surface area (Å²) in [7, 11) is 1.10. The van der Waals surface area contributed by atoms with Crippen LogP contribution in [0.3, 0.4) is 0 Å². The molecule has 0 saturated carbocycles. The van der Waals surface area contributed by atoms with E-state index in [1.165, 1.54) is 17.0 Å². The Morgan fingerprint density at radius 2 is 1.95 bits per heavy atom. The maximum atomic E-state index is 12.8. The summed E-state index contributed by atoms with van der Waals surface area (Å²) in [5.41, 5.74) is 0.743. The maximum Gasteiger partial charge on any atom is 0.373 e. The van der Waals surface area contributed by atoms with Crippen molar-refractivity contribution in [2.45, 2.75) is 13.5 Å². The van der Waals surface area contributed by atoms with Crippen molar-refractivity contribution < 1.29 is 23.8 Å². The van der Waals surface area contributed by atoms with Gasteiger partial charge in [0.05, 0.1) is 13.2 Å². The number of rotatable bonds is 5. The van der Waals surface area contributed by atoms with Crippen LogP contribution >= 0.6 is 0 Å². The van der Waals surface area contributed by atoms with Crippen LogP contribution < -0.4 is 0 Å².